The summed E-state index contributed by atoms with van der Waals surface area (Å²) >= 11 is 1.58. The predicted octanol–water partition coefficient (Wildman–Crippen LogP) is 3.22. The summed E-state index contributed by atoms with van der Waals surface area (Å²) in [5, 5.41) is 7.69. The summed E-state index contributed by atoms with van der Waals surface area (Å²) in [6, 6.07) is 10.3. The van der Waals surface area contributed by atoms with Crippen LogP contribution in [0.3, 0.4) is 0 Å². The summed E-state index contributed by atoms with van der Waals surface area (Å²) in [6.07, 6.45) is 0. The van der Waals surface area contributed by atoms with Crippen LogP contribution in [-0.2, 0) is 11.3 Å². The second-order valence-corrected chi connectivity index (χ2v) is 6.95. The van der Waals surface area contributed by atoms with Crippen molar-refractivity contribution in [1.82, 2.24) is 10.6 Å². The lowest BCUT2D eigenvalue weighted by molar-refractivity contribution is -0.124. The van der Waals surface area contributed by atoms with Crippen LogP contribution in [0.5, 0.6) is 5.75 Å². The van der Waals surface area contributed by atoms with Gasteiger partial charge in [-0.3, -0.25) is 9.59 Å². The molecule has 0 unspecified atom stereocenters. The smallest absolute Gasteiger partial charge is 0.255 e. The van der Waals surface area contributed by atoms with Gasteiger partial charge in [-0.1, -0.05) is 32.0 Å². The molecule has 0 aliphatic carbocycles. The average molecular weight is 360 g/mol. The van der Waals surface area contributed by atoms with E-state index in [0.717, 1.165) is 4.88 Å². The van der Waals surface area contributed by atoms with E-state index in [1.807, 2.05) is 44.4 Å². The van der Waals surface area contributed by atoms with Gasteiger partial charge in [0.1, 0.15) is 11.8 Å². The minimum Gasteiger partial charge on any atom is -0.493 e. The summed E-state index contributed by atoms with van der Waals surface area (Å²) < 4.78 is 5.50. The number of benzene rings is 1. The van der Waals surface area contributed by atoms with E-state index >= 15 is 0 Å². The molecule has 0 aliphatic rings. The van der Waals surface area contributed by atoms with Gasteiger partial charge in [0.25, 0.3) is 5.91 Å². The standard InChI is InChI=1S/C19H24N2O3S/c1-4-24-16-10-6-5-9-15(16)18(22)21-17(13(2)3)19(23)20-12-14-8-7-11-25-14/h5-11,13,17H,4,12H2,1-3H3,(H,20,23)(H,21,22)/t17-/m0/s1. The maximum absolute atomic E-state index is 12.6. The van der Waals surface area contributed by atoms with Crippen molar-refractivity contribution in [3.63, 3.8) is 0 Å². The van der Waals surface area contributed by atoms with Crippen molar-refractivity contribution < 1.29 is 14.3 Å². The number of ether oxygens (including phenoxy) is 1. The number of nitrogens with one attached hydrogen (secondary N) is 2. The van der Waals surface area contributed by atoms with E-state index in [4.69, 9.17) is 4.74 Å². The van der Waals surface area contributed by atoms with Gasteiger partial charge in [0.15, 0.2) is 0 Å². The van der Waals surface area contributed by atoms with E-state index in [0.29, 0.717) is 24.5 Å². The zero-order valence-corrected chi connectivity index (χ0v) is 15.6. The molecule has 1 aromatic heterocycles. The van der Waals surface area contributed by atoms with Crippen LogP contribution in [0.15, 0.2) is 41.8 Å². The van der Waals surface area contributed by atoms with Gasteiger partial charge < -0.3 is 15.4 Å². The van der Waals surface area contributed by atoms with Crippen molar-refractivity contribution in [3.05, 3.63) is 52.2 Å². The minimum atomic E-state index is -0.609. The first-order valence-electron chi connectivity index (χ1n) is 8.35. The zero-order valence-electron chi connectivity index (χ0n) is 14.7. The van der Waals surface area contributed by atoms with E-state index < -0.39 is 6.04 Å². The van der Waals surface area contributed by atoms with Crippen LogP contribution in [0.1, 0.15) is 36.0 Å². The number of hydrogen-bond donors (Lipinski definition) is 2. The Balaban J connectivity index is 2.05. The number of rotatable bonds is 8. The first kappa shape index (κ1) is 19.0. The van der Waals surface area contributed by atoms with Crippen LogP contribution in [0.4, 0.5) is 0 Å². The molecular formula is C19H24N2O3S. The molecule has 0 fully saturated rings. The number of thiophene rings is 1. The Labute approximate surface area is 152 Å². The topological polar surface area (TPSA) is 67.4 Å². The summed E-state index contributed by atoms with van der Waals surface area (Å²) in [4.78, 5) is 26.2. The molecule has 0 spiro atoms. The molecule has 0 aliphatic heterocycles. The Hall–Kier alpha value is -2.34. The van der Waals surface area contributed by atoms with Gasteiger partial charge in [0.2, 0.25) is 5.91 Å². The molecule has 2 amide bonds. The Morgan fingerprint density at radius 3 is 2.56 bits per heavy atom. The van der Waals surface area contributed by atoms with Gasteiger partial charge in [-0.15, -0.1) is 11.3 Å². The molecule has 5 nitrogen and oxygen atoms in total. The Morgan fingerprint density at radius 1 is 1.16 bits per heavy atom. The Morgan fingerprint density at radius 2 is 1.92 bits per heavy atom. The molecule has 2 aromatic rings. The van der Waals surface area contributed by atoms with E-state index in [1.54, 1.807) is 29.5 Å². The molecule has 25 heavy (non-hydrogen) atoms. The molecule has 1 aromatic carbocycles. The number of hydrogen-bond acceptors (Lipinski definition) is 4. The van der Waals surface area contributed by atoms with Gasteiger partial charge in [-0.05, 0) is 36.4 Å². The summed E-state index contributed by atoms with van der Waals surface area (Å²) in [7, 11) is 0. The van der Waals surface area contributed by atoms with Crippen molar-refractivity contribution >= 4 is 23.2 Å². The van der Waals surface area contributed by atoms with Crippen molar-refractivity contribution in [2.45, 2.75) is 33.4 Å². The second kappa shape index (κ2) is 9.22. The average Bonchev–Trinajstić information content (AvgIpc) is 3.11. The molecule has 0 saturated heterocycles. The molecule has 0 radical (unpaired) electrons. The monoisotopic (exact) mass is 360 g/mol. The normalized spacial score (nSPS) is 11.8. The van der Waals surface area contributed by atoms with Gasteiger partial charge in [-0.25, -0.2) is 0 Å². The molecule has 1 atom stereocenters. The van der Waals surface area contributed by atoms with Crippen molar-refractivity contribution in [1.29, 1.82) is 0 Å². The highest BCUT2D eigenvalue weighted by Crippen LogP contribution is 2.18. The minimum absolute atomic E-state index is 0.0356. The summed E-state index contributed by atoms with van der Waals surface area (Å²) in [5.41, 5.74) is 0.432. The fourth-order valence-electron chi connectivity index (χ4n) is 2.39. The van der Waals surface area contributed by atoms with Gasteiger partial charge in [0, 0.05) is 4.88 Å². The van der Waals surface area contributed by atoms with Crippen LogP contribution in [0, 0.1) is 5.92 Å². The first-order chi connectivity index (χ1) is 12.0. The summed E-state index contributed by atoms with van der Waals surface area (Å²) in [6.45, 7) is 6.61. The Kier molecular flexibility index (Phi) is 7.01. The largest absolute Gasteiger partial charge is 0.493 e. The number of carbonyl (C=O) groups is 2. The van der Waals surface area contributed by atoms with Crippen LogP contribution >= 0.6 is 11.3 Å². The molecule has 0 saturated carbocycles. The maximum atomic E-state index is 12.6. The van der Waals surface area contributed by atoms with Crippen molar-refractivity contribution in [2.75, 3.05) is 6.61 Å². The van der Waals surface area contributed by atoms with E-state index in [1.165, 1.54) is 0 Å². The third-order valence-electron chi connectivity index (χ3n) is 3.68. The van der Waals surface area contributed by atoms with Crippen molar-refractivity contribution in [2.24, 2.45) is 5.92 Å². The predicted molar refractivity (Wildman–Crippen MR) is 99.9 cm³/mol. The zero-order chi connectivity index (χ0) is 18.2. The lowest BCUT2D eigenvalue weighted by atomic mass is 10.0. The van der Waals surface area contributed by atoms with Crippen LogP contribution in [0.2, 0.25) is 0 Å². The highest BCUT2D eigenvalue weighted by atomic mass is 32.1. The Bertz CT molecular complexity index is 698. The van der Waals surface area contributed by atoms with E-state index in [2.05, 4.69) is 10.6 Å². The quantitative estimate of drug-likeness (QED) is 0.759. The van der Waals surface area contributed by atoms with Gasteiger partial charge in [-0.2, -0.15) is 0 Å². The summed E-state index contributed by atoms with van der Waals surface area (Å²) in [5.74, 6) is -0.0183. The maximum Gasteiger partial charge on any atom is 0.255 e. The van der Waals surface area contributed by atoms with Gasteiger partial charge in [0.05, 0.1) is 18.7 Å². The third kappa shape index (κ3) is 5.32. The number of para-hydroxylation sites is 1. The number of carbonyl (C=O) groups excluding carboxylic acids is 2. The van der Waals surface area contributed by atoms with Crippen LogP contribution in [0.25, 0.3) is 0 Å². The number of amides is 2. The third-order valence-corrected chi connectivity index (χ3v) is 4.56. The highest BCUT2D eigenvalue weighted by Gasteiger charge is 2.25. The van der Waals surface area contributed by atoms with E-state index in [-0.39, 0.29) is 17.7 Å². The first-order valence-corrected chi connectivity index (χ1v) is 9.23. The molecule has 134 valence electrons. The molecule has 2 rings (SSSR count). The van der Waals surface area contributed by atoms with Crippen LogP contribution in [-0.4, -0.2) is 24.5 Å². The molecule has 2 N–H and O–H groups in total. The lowest BCUT2D eigenvalue weighted by Crippen LogP contribution is -2.49. The van der Waals surface area contributed by atoms with Gasteiger partial charge >= 0.3 is 0 Å². The lowest BCUT2D eigenvalue weighted by Gasteiger charge is -2.22. The highest BCUT2D eigenvalue weighted by molar-refractivity contribution is 7.09. The SMILES string of the molecule is CCOc1ccccc1C(=O)N[C@H](C(=O)NCc1cccs1)C(C)C. The molecule has 1 heterocycles. The molecule has 0 bridgehead atoms. The van der Waals surface area contributed by atoms with Crippen LogP contribution < -0.4 is 15.4 Å². The van der Waals surface area contributed by atoms with E-state index in [9.17, 15) is 9.59 Å². The fourth-order valence-corrected chi connectivity index (χ4v) is 3.03. The molecular weight excluding hydrogens is 336 g/mol. The fraction of sp³-hybridized carbons (Fsp3) is 0.368. The van der Waals surface area contributed by atoms with Crippen molar-refractivity contribution in [3.8, 4) is 5.75 Å². The second-order valence-electron chi connectivity index (χ2n) is 5.92. The molecule has 6 heteroatoms.